The number of primary amides is 1. The van der Waals surface area contributed by atoms with Crippen molar-refractivity contribution >= 4 is 24.4 Å². The Bertz CT molecular complexity index is 264. The standard InChI is InChI=1S/C11H22N2O3.ClH/c1-6-7(2)8(13-10(12)15)9(14)16-11(3,4)5;/h7-8H,6H2,1-5H3,(H3,12,13,15);1H/t7?,8-;/m0./s1. The van der Waals surface area contributed by atoms with Crippen LogP contribution in [0.15, 0.2) is 0 Å². The molecular formula is C11H23ClN2O3. The first-order chi connectivity index (χ1) is 7.17. The lowest BCUT2D eigenvalue weighted by Gasteiger charge is -2.27. The summed E-state index contributed by atoms with van der Waals surface area (Å²) in [4.78, 5) is 22.6. The molecule has 0 saturated carbocycles. The molecule has 0 bridgehead atoms. The van der Waals surface area contributed by atoms with Crippen molar-refractivity contribution in [2.45, 2.75) is 52.7 Å². The van der Waals surface area contributed by atoms with Gasteiger partial charge in [-0.3, -0.25) is 0 Å². The first kappa shape index (κ1) is 18.4. The minimum absolute atomic E-state index is 0. The monoisotopic (exact) mass is 266 g/mol. The van der Waals surface area contributed by atoms with Gasteiger partial charge in [0.05, 0.1) is 0 Å². The molecule has 0 fully saturated rings. The average molecular weight is 267 g/mol. The summed E-state index contributed by atoms with van der Waals surface area (Å²) in [6.45, 7) is 9.14. The number of hydrogen-bond acceptors (Lipinski definition) is 3. The second-order valence-corrected chi connectivity index (χ2v) is 4.91. The highest BCUT2D eigenvalue weighted by Crippen LogP contribution is 2.14. The Morgan fingerprint density at radius 2 is 1.82 bits per heavy atom. The summed E-state index contributed by atoms with van der Waals surface area (Å²) >= 11 is 0. The van der Waals surface area contributed by atoms with Gasteiger partial charge in [0.15, 0.2) is 0 Å². The van der Waals surface area contributed by atoms with Crippen LogP contribution in [0.5, 0.6) is 0 Å². The fraction of sp³-hybridized carbons (Fsp3) is 0.818. The Balaban J connectivity index is 0. The van der Waals surface area contributed by atoms with Gasteiger partial charge in [-0.25, -0.2) is 9.59 Å². The van der Waals surface area contributed by atoms with Gasteiger partial charge in [0.2, 0.25) is 0 Å². The number of amides is 2. The molecule has 0 saturated heterocycles. The van der Waals surface area contributed by atoms with Crippen LogP contribution in [0.3, 0.4) is 0 Å². The normalized spacial score (nSPS) is 14.2. The van der Waals surface area contributed by atoms with Gasteiger partial charge < -0.3 is 15.8 Å². The van der Waals surface area contributed by atoms with Crippen molar-refractivity contribution in [1.29, 1.82) is 0 Å². The molecule has 2 amide bonds. The summed E-state index contributed by atoms with van der Waals surface area (Å²) in [5, 5.41) is 2.42. The van der Waals surface area contributed by atoms with Gasteiger partial charge in [-0.2, -0.15) is 0 Å². The molecule has 0 aliphatic rings. The van der Waals surface area contributed by atoms with Crippen molar-refractivity contribution in [3.05, 3.63) is 0 Å². The van der Waals surface area contributed by atoms with Crippen LogP contribution in [-0.4, -0.2) is 23.6 Å². The third kappa shape index (κ3) is 7.85. The lowest BCUT2D eigenvalue weighted by atomic mass is 9.99. The van der Waals surface area contributed by atoms with E-state index in [0.29, 0.717) is 0 Å². The second-order valence-electron chi connectivity index (χ2n) is 4.91. The van der Waals surface area contributed by atoms with E-state index in [-0.39, 0.29) is 18.3 Å². The number of hydrogen-bond donors (Lipinski definition) is 2. The number of carbonyl (C=O) groups excluding carboxylic acids is 2. The zero-order valence-corrected chi connectivity index (χ0v) is 11.9. The van der Waals surface area contributed by atoms with Crippen molar-refractivity contribution in [3.63, 3.8) is 0 Å². The Hall–Kier alpha value is -0.970. The lowest BCUT2D eigenvalue weighted by molar-refractivity contribution is -0.158. The van der Waals surface area contributed by atoms with Gasteiger partial charge >= 0.3 is 12.0 Å². The second kappa shape index (κ2) is 7.37. The molecule has 102 valence electrons. The molecule has 1 unspecified atom stereocenters. The maximum atomic E-state index is 11.8. The molecule has 2 atom stereocenters. The van der Waals surface area contributed by atoms with Crippen LogP contribution in [0.25, 0.3) is 0 Å². The number of carbonyl (C=O) groups is 2. The van der Waals surface area contributed by atoms with E-state index < -0.39 is 23.6 Å². The van der Waals surface area contributed by atoms with Crippen molar-refractivity contribution in [3.8, 4) is 0 Å². The Labute approximate surface area is 109 Å². The molecule has 0 radical (unpaired) electrons. The van der Waals surface area contributed by atoms with E-state index in [1.807, 2.05) is 13.8 Å². The minimum atomic E-state index is -0.712. The number of halogens is 1. The van der Waals surface area contributed by atoms with Crippen LogP contribution in [0.1, 0.15) is 41.0 Å². The van der Waals surface area contributed by atoms with Crippen LogP contribution in [0, 0.1) is 5.92 Å². The predicted octanol–water partition coefficient (Wildman–Crippen LogP) is 1.83. The molecule has 5 nitrogen and oxygen atoms in total. The zero-order chi connectivity index (χ0) is 12.9. The molecule has 0 heterocycles. The van der Waals surface area contributed by atoms with Crippen molar-refractivity contribution < 1.29 is 14.3 Å². The van der Waals surface area contributed by atoms with Crippen molar-refractivity contribution in [2.24, 2.45) is 11.7 Å². The molecule has 6 heteroatoms. The van der Waals surface area contributed by atoms with E-state index in [1.165, 1.54) is 0 Å². The highest BCUT2D eigenvalue weighted by Gasteiger charge is 2.29. The molecule has 0 aromatic heterocycles. The van der Waals surface area contributed by atoms with E-state index in [1.54, 1.807) is 20.8 Å². The molecule has 0 aromatic rings. The summed E-state index contributed by atoms with van der Waals surface area (Å²) in [5.74, 6) is -0.456. The Morgan fingerprint density at radius 1 is 1.35 bits per heavy atom. The molecule has 0 aliphatic carbocycles. The highest BCUT2D eigenvalue weighted by atomic mass is 35.5. The molecule has 0 rings (SSSR count). The van der Waals surface area contributed by atoms with E-state index in [0.717, 1.165) is 6.42 Å². The van der Waals surface area contributed by atoms with E-state index in [9.17, 15) is 9.59 Å². The van der Waals surface area contributed by atoms with Gasteiger partial charge in [-0.15, -0.1) is 12.4 Å². The topological polar surface area (TPSA) is 81.4 Å². The van der Waals surface area contributed by atoms with Crippen LogP contribution < -0.4 is 11.1 Å². The number of nitrogens with two attached hydrogens (primary N) is 1. The fourth-order valence-corrected chi connectivity index (χ4v) is 1.19. The maximum Gasteiger partial charge on any atom is 0.329 e. The van der Waals surface area contributed by atoms with Gasteiger partial charge in [0, 0.05) is 0 Å². The average Bonchev–Trinajstić information content (AvgIpc) is 2.09. The SMILES string of the molecule is CCC(C)[C@H](NC(N)=O)C(=O)OC(C)(C)C.Cl. The highest BCUT2D eigenvalue weighted by molar-refractivity contribution is 5.85. The summed E-state index contributed by atoms with van der Waals surface area (Å²) < 4.78 is 5.21. The molecular weight excluding hydrogens is 244 g/mol. The van der Waals surface area contributed by atoms with E-state index in [4.69, 9.17) is 10.5 Å². The smallest absolute Gasteiger partial charge is 0.329 e. The summed E-state index contributed by atoms with van der Waals surface area (Å²) in [6.07, 6.45) is 0.754. The molecule has 17 heavy (non-hydrogen) atoms. The Morgan fingerprint density at radius 3 is 2.12 bits per heavy atom. The van der Waals surface area contributed by atoms with E-state index >= 15 is 0 Å². The van der Waals surface area contributed by atoms with Gasteiger partial charge in [-0.05, 0) is 26.7 Å². The number of rotatable bonds is 4. The summed E-state index contributed by atoms with van der Waals surface area (Å²) in [7, 11) is 0. The summed E-state index contributed by atoms with van der Waals surface area (Å²) in [5.41, 5.74) is 4.46. The van der Waals surface area contributed by atoms with Crippen LogP contribution in [0.2, 0.25) is 0 Å². The molecule has 0 aliphatic heterocycles. The lowest BCUT2D eigenvalue weighted by Crippen LogP contribution is -2.49. The number of urea groups is 1. The van der Waals surface area contributed by atoms with Crippen molar-refractivity contribution in [1.82, 2.24) is 5.32 Å². The van der Waals surface area contributed by atoms with Gasteiger partial charge in [0.25, 0.3) is 0 Å². The van der Waals surface area contributed by atoms with E-state index in [2.05, 4.69) is 5.32 Å². The van der Waals surface area contributed by atoms with Gasteiger partial charge in [-0.1, -0.05) is 20.3 Å². The maximum absolute atomic E-state index is 11.8. The number of ether oxygens (including phenoxy) is 1. The predicted molar refractivity (Wildman–Crippen MR) is 69.1 cm³/mol. The first-order valence-corrected chi connectivity index (χ1v) is 5.46. The number of esters is 1. The zero-order valence-electron chi connectivity index (χ0n) is 11.1. The van der Waals surface area contributed by atoms with Crippen LogP contribution in [-0.2, 0) is 9.53 Å². The third-order valence-corrected chi connectivity index (χ3v) is 2.17. The minimum Gasteiger partial charge on any atom is -0.458 e. The third-order valence-electron chi connectivity index (χ3n) is 2.17. The Kier molecular flexibility index (Phi) is 7.98. The quantitative estimate of drug-likeness (QED) is 0.762. The van der Waals surface area contributed by atoms with Crippen LogP contribution >= 0.6 is 12.4 Å². The molecule has 0 aromatic carbocycles. The summed E-state index contributed by atoms with van der Waals surface area (Å²) in [6, 6.07) is -1.39. The van der Waals surface area contributed by atoms with Crippen molar-refractivity contribution in [2.75, 3.05) is 0 Å². The number of nitrogens with one attached hydrogen (secondary N) is 1. The largest absolute Gasteiger partial charge is 0.458 e. The van der Waals surface area contributed by atoms with Gasteiger partial charge in [0.1, 0.15) is 11.6 Å². The molecule has 3 N–H and O–H groups in total. The van der Waals surface area contributed by atoms with Crippen LogP contribution in [0.4, 0.5) is 4.79 Å². The first-order valence-electron chi connectivity index (χ1n) is 5.46. The molecule has 0 spiro atoms. The fourth-order valence-electron chi connectivity index (χ4n) is 1.19.